The highest BCUT2D eigenvalue weighted by atomic mass is 16.5. The lowest BCUT2D eigenvalue weighted by atomic mass is 9.55. The smallest absolute Gasteiger partial charge is 0.225 e. The normalized spacial score (nSPS) is 34.7. The molecule has 0 unspecified atom stereocenters. The van der Waals surface area contributed by atoms with E-state index in [9.17, 15) is 4.79 Å². The Morgan fingerprint density at radius 2 is 1.84 bits per heavy atom. The van der Waals surface area contributed by atoms with Crippen molar-refractivity contribution in [3.05, 3.63) is 0 Å². The zero-order chi connectivity index (χ0) is 14.3. The lowest BCUT2D eigenvalue weighted by Gasteiger charge is -2.61. The zero-order valence-electron chi connectivity index (χ0n) is 13.0. The van der Waals surface area contributed by atoms with Gasteiger partial charge in [0.2, 0.25) is 5.91 Å². The third-order valence-electron chi connectivity index (χ3n) is 5.73. The fourth-order valence-corrected chi connectivity index (χ4v) is 3.59. The van der Waals surface area contributed by atoms with Crippen molar-refractivity contribution in [3.63, 3.8) is 0 Å². The Balaban J connectivity index is 2.01. The molecule has 0 spiro atoms. The summed E-state index contributed by atoms with van der Waals surface area (Å²) in [6.45, 7) is 8.49. The van der Waals surface area contributed by atoms with Crippen molar-refractivity contribution in [3.8, 4) is 0 Å². The van der Waals surface area contributed by atoms with Gasteiger partial charge in [0, 0.05) is 31.5 Å². The second-order valence-electron chi connectivity index (χ2n) is 6.85. The van der Waals surface area contributed by atoms with Crippen molar-refractivity contribution in [1.29, 1.82) is 0 Å². The van der Waals surface area contributed by atoms with E-state index in [1.165, 1.54) is 0 Å². The van der Waals surface area contributed by atoms with E-state index in [4.69, 9.17) is 4.74 Å². The number of piperidine rings is 1. The summed E-state index contributed by atoms with van der Waals surface area (Å²) >= 11 is 0. The van der Waals surface area contributed by atoms with Crippen molar-refractivity contribution in [2.24, 2.45) is 11.3 Å². The average Bonchev–Trinajstić information content (AvgIpc) is 2.43. The van der Waals surface area contributed by atoms with E-state index >= 15 is 0 Å². The molecule has 110 valence electrons. The highest BCUT2D eigenvalue weighted by molar-refractivity contribution is 5.79. The molecule has 2 aliphatic rings. The summed E-state index contributed by atoms with van der Waals surface area (Å²) in [4.78, 5) is 14.6. The van der Waals surface area contributed by atoms with Gasteiger partial charge in [-0.15, -0.1) is 0 Å². The van der Waals surface area contributed by atoms with Gasteiger partial charge < -0.3 is 15.0 Å². The fraction of sp³-hybridized carbons (Fsp3) is 0.933. The quantitative estimate of drug-likeness (QED) is 0.846. The van der Waals surface area contributed by atoms with Gasteiger partial charge in [-0.2, -0.15) is 0 Å². The Kier molecular flexibility index (Phi) is 3.94. The number of hydrogen-bond donors (Lipinski definition) is 1. The molecule has 19 heavy (non-hydrogen) atoms. The largest absolute Gasteiger partial charge is 0.378 e. The van der Waals surface area contributed by atoms with Crippen molar-refractivity contribution in [2.45, 2.75) is 51.7 Å². The molecule has 0 aromatic rings. The zero-order valence-corrected chi connectivity index (χ0v) is 13.0. The topological polar surface area (TPSA) is 41.6 Å². The fourth-order valence-electron chi connectivity index (χ4n) is 3.59. The first-order valence-electron chi connectivity index (χ1n) is 7.36. The van der Waals surface area contributed by atoms with Crippen molar-refractivity contribution in [1.82, 2.24) is 10.2 Å². The molecule has 2 rings (SSSR count). The minimum Gasteiger partial charge on any atom is -0.378 e. The molecular weight excluding hydrogens is 240 g/mol. The second-order valence-corrected chi connectivity index (χ2v) is 6.85. The van der Waals surface area contributed by atoms with Crippen LogP contribution in [0, 0.1) is 11.3 Å². The van der Waals surface area contributed by atoms with Crippen LogP contribution < -0.4 is 5.32 Å². The van der Waals surface area contributed by atoms with E-state index in [2.05, 4.69) is 26.1 Å². The Bertz CT molecular complexity index is 350. The molecule has 0 aromatic heterocycles. The highest BCUT2D eigenvalue weighted by Gasteiger charge is 2.60. The summed E-state index contributed by atoms with van der Waals surface area (Å²) in [6, 6.07) is 0.292. The molecular formula is C15H28N2O2. The molecule has 0 bridgehead atoms. The van der Waals surface area contributed by atoms with Gasteiger partial charge in [-0.25, -0.2) is 0 Å². The standard InChI is InChI=1S/C15H28N2O2/c1-14(2)12(10-15(14,3)19-5)17(4)13(18)11-6-8-16-9-7-11/h11-12,16H,6-10H2,1-5H3/t12-,15+/m0/s1. The number of nitrogens with one attached hydrogen (secondary N) is 1. The van der Waals surface area contributed by atoms with Gasteiger partial charge in [-0.05, 0) is 39.3 Å². The molecule has 1 N–H and O–H groups in total. The summed E-state index contributed by atoms with van der Waals surface area (Å²) in [5.41, 5.74) is -0.0978. The van der Waals surface area contributed by atoms with Crippen LogP contribution in [0.15, 0.2) is 0 Å². The third kappa shape index (κ3) is 2.29. The van der Waals surface area contributed by atoms with Gasteiger partial charge in [0.1, 0.15) is 0 Å². The monoisotopic (exact) mass is 268 g/mol. The van der Waals surface area contributed by atoms with Crippen LogP contribution in [0.25, 0.3) is 0 Å². The SMILES string of the molecule is CO[C@]1(C)C[C@H](N(C)C(=O)C2CCNCC2)C1(C)C. The molecule has 0 radical (unpaired) electrons. The van der Waals surface area contributed by atoms with Crippen LogP contribution in [0.1, 0.15) is 40.0 Å². The number of methoxy groups -OCH3 is 1. The van der Waals surface area contributed by atoms with Gasteiger partial charge in [-0.1, -0.05) is 13.8 Å². The Labute approximate surface area is 116 Å². The van der Waals surface area contributed by atoms with E-state index in [1.54, 1.807) is 7.11 Å². The number of hydrogen-bond acceptors (Lipinski definition) is 3. The lowest BCUT2D eigenvalue weighted by Crippen LogP contribution is -2.69. The highest BCUT2D eigenvalue weighted by Crippen LogP contribution is 2.53. The minimum atomic E-state index is -0.111. The first-order valence-corrected chi connectivity index (χ1v) is 7.36. The maximum absolute atomic E-state index is 12.6. The molecule has 1 aliphatic carbocycles. The van der Waals surface area contributed by atoms with E-state index in [0.29, 0.717) is 11.9 Å². The maximum atomic E-state index is 12.6. The molecule has 4 nitrogen and oxygen atoms in total. The van der Waals surface area contributed by atoms with Crippen LogP contribution in [0.3, 0.4) is 0 Å². The van der Waals surface area contributed by atoms with Crippen molar-refractivity contribution >= 4 is 5.91 Å². The molecule has 1 saturated heterocycles. The molecule has 1 heterocycles. The molecule has 2 fully saturated rings. The Hall–Kier alpha value is -0.610. The number of nitrogens with zero attached hydrogens (tertiary/aromatic N) is 1. The number of carbonyl (C=O) groups is 1. The molecule has 1 aliphatic heterocycles. The van der Waals surface area contributed by atoms with Gasteiger partial charge in [-0.3, -0.25) is 4.79 Å². The molecule has 2 atom stereocenters. The number of rotatable bonds is 3. The van der Waals surface area contributed by atoms with E-state index < -0.39 is 0 Å². The van der Waals surface area contributed by atoms with Gasteiger partial charge in [0.25, 0.3) is 0 Å². The minimum absolute atomic E-state index is 0.0130. The van der Waals surface area contributed by atoms with Crippen LogP contribution in [-0.2, 0) is 9.53 Å². The van der Waals surface area contributed by atoms with Gasteiger partial charge in [0.05, 0.1) is 5.60 Å². The van der Waals surface area contributed by atoms with Crippen LogP contribution >= 0.6 is 0 Å². The summed E-state index contributed by atoms with van der Waals surface area (Å²) in [5, 5.41) is 3.31. The van der Waals surface area contributed by atoms with Crippen molar-refractivity contribution < 1.29 is 9.53 Å². The van der Waals surface area contributed by atoms with Crippen molar-refractivity contribution in [2.75, 3.05) is 27.2 Å². The Morgan fingerprint density at radius 3 is 2.32 bits per heavy atom. The predicted octanol–water partition coefficient (Wildman–Crippen LogP) is 1.65. The summed E-state index contributed by atoms with van der Waals surface area (Å²) in [7, 11) is 3.73. The Morgan fingerprint density at radius 1 is 1.26 bits per heavy atom. The van der Waals surface area contributed by atoms with E-state index in [1.807, 2.05) is 11.9 Å². The number of carbonyl (C=O) groups excluding carboxylic acids is 1. The van der Waals surface area contributed by atoms with Crippen LogP contribution in [0.2, 0.25) is 0 Å². The third-order valence-corrected chi connectivity index (χ3v) is 5.73. The van der Waals surface area contributed by atoms with Crippen LogP contribution in [-0.4, -0.2) is 49.7 Å². The first-order chi connectivity index (χ1) is 8.83. The summed E-state index contributed by atoms with van der Waals surface area (Å²) < 4.78 is 5.65. The molecule has 0 aromatic carbocycles. The van der Waals surface area contributed by atoms with E-state index in [0.717, 1.165) is 32.4 Å². The number of amides is 1. The average molecular weight is 268 g/mol. The van der Waals surface area contributed by atoms with Crippen LogP contribution in [0.5, 0.6) is 0 Å². The second kappa shape index (κ2) is 5.06. The maximum Gasteiger partial charge on any atom is 0.225 e. The molecule has 4 heteroatoms. The van der Waals surface area contributed by atoms with Crippen LogP contribution in [0.4, 0.5) is 0 Å². The summed E-state index contributed by atoms with van der Waals surface area (Å²) in [5.74, 6) is 0.522. The lowest BCUT2D eigenvalue weighted by molar-refractivity contribution is -0.208. The first kappa shape index (κ1) is 14.8. The number of ether oxygens (including phenoxy) is 1. The van der Waals surface area contributed by atoms with E-state index in [-0.39, 0.29) is 16.9 Å². The predicted molar refractivity (Wildman–Crippen MR) is 76.0 cm³/mol. The van der Waals surface area contributed by atoms with Gasteiger partial charge >= 0.3 is 0 Å². The molecule has 1 saturated carbocycles. The molecule has 1 amide bonds. The summed E-state index contributed by atoms with van der Waals surface area (Å²) in [6.07, 6.45) is 2.87. The van der Waals surface area contributed by atoms with Gasteiger partial charge in [0.15, 0.2) is 0 Å².